The van der Waals surface area contributed by atoms with E-state index in [-0.39, 0.29) is 0 Å². The first-order valence-corrected chi connectivity index (χ1v) is 15.7. The highest BCUT2D eigenvalue weighted by Gasteiger charge is 2.18. The average Bonchev–Trinajstić information content (AvgIpc) is 3.63. The molecule has 10 aromatic rings. The van der Waals surface area contributed by atoms with Gasteiger partial charge in [0.25, 0.3) is 0 Å². The van der Waals surface area contributed by atoms with Crippen LogP contribution in [0.25, 0.3) is 87.8 Å². The molecule has 0 saturated heterocycles. The smallest absolute Gasteiger partial charge is 0.0801 e. The van der Waals surface area contributed by atoms with Crippen LogP contribution >= 0.6 is 0 Å². The maximum Gasteiger partial charge on any atom is 0.0801 e. The second-order valence-electron chi connectivity index (χ2n) is 12.0. The predicted octanol–water partition coefficient (Wildman–Crippen LogP) is 11.2. The van der Waals surface area contributed by atoms with Gasteiger partial charge < -0.3 is 9.13 Å². The highest BCUT2D eigenvalue weighted by atomic mass is 15.0. The Morgan fingerprint density at radius 2 is 0.978 bits per heavy atom. The van der Waals surface area contributed by atoms with Crippen molar-refractivity contribution in [1.29, 1.82) is 0 Å². The molecule has 0 spiro atoms. The first-order chi connectivity index (χ1) is 22.8. The van der Waals surface area contributed by atoms with E-state index in [1.807, 2.05) is 12.3 Å². The van der Waals surface area contributed by atoms with E-state index in [4.69, 9.17) is 4.98 Å². The molecule has 0 aliphatic carbocycles. The summed E-state index contributed by atoms with van der Waals surface area (Å²) >= 11 is 0. The lowest BCUT2D eigenvalue weighted by Gasteiger charge is -2.14. The van der Waals surface area contributed by atoms with E-state index in [2.05, 4.69) is 161 Å². The minimum absolute atomic E-state index is 1.02. The number of para-hydroxylation sites is 3. The van der Waals surface area contributed by atoms with Gasteiger partial charge in [-0.2, -0.15) is 0 Å². The molecule has 3 heteroatoms. The van der Waals surface area contributed by atoms with Crippen LogP contribution in [0, 0.1) is 0 Å². The monoisotopic (exact) mass is 585 g/mol. The molecular weight excluding hydrogens is 558 g/mol. The van der Waals surface area contributed by atoms with Crippen LogP contribution in [-0.4, -0.2) is 14.1 Å². The standard InChI is InChI=1S/C43H27N3/c1-2-12-32(13-3-1)45-37-16-6-4-14-33(37)35-23-21-30(26-40(35)45)31-22-24-36-34-15-5-7-17-38(34)46(41(36)27-31)39-18-8-10-28-19-20-29-11-9-25-44-43(29)42(28)39/h1-27H. The molecule has 0 bridgehead atoms. The molecule has 0 radical (unpaired) electrons. The van der Waals surface area contributed by atoms with Gasteiger partial charge in [0, 0.05) is 44.2 Å². The fraction of sp³-hybridized carbons (Fsp3) is 0. The molecule has 0 unspecified atom stereocenters. The lowest BCUT2D eigenvalue weighted by atomic mass is 10.0. The Balaban J connectivity index is 1.26. The average molecular weight is 586 g/mol. The second-order valence-corrected chi connectivity index (χ2v) is 12.0. The number of fused-ring (bicyclic) bond motifs is 9. The van der Waals surface area contributed by atoms with E-state index in [0.717, 1.165) is 16.6 Å². The van der Waals surface area contributed by atoms with Crippen molar-refractivity contribution < 1.29 is 0 Å². The summed E-state index contributed by atoms with van der Waals surface area (Å²) in [6, 6.07) is 57.1. The number of benzene rings is 7. The summed E-state index contributed by atoms with van der Waals surface area (Å²) in [6.07, 6.45) is 1.90. The van der Waals surface area contributed by atoms with Crippen molar-refractivity contribution in [2.45, 2.75) is 0 Å². The normalized spacial score (nSPS) is 11.9. The molecular formula is C43H27N3. The van der Waals surface area contributed by atoms with E-state index in [1.165, 1.54) is 71.2 Å². The van der Waals surface area contributed by atoms with E-state index >= 15 is 0 Å². The van der Waals surface area contributed by atoms with Crippen molar-refractivity contribution in [2.24, 2.45) is 0 Å². The fourth-order valence-corrected chi connectivity index (χ4v) is 7.50. The van der Waals surface area contributed by atoms with Crippen molar-refractivity contribution in [3.63, 3.8) is 0 Å². The van der Waals surface area contributed by atoms with Crippen LogP contribution in [0.5, 0.6) is 0 Å². The molecule has 0 atom stereocenters. The lowest BCUT2D eigenvalue weighted by molar-refractivity contribution is 1.18. The van der Waals surface area contributed by atoms with Gasteiger partial charge in [-0.1, -0.05) is 109 Å². The third kappa shape index (κ3) is 3.57. The quantitative estimate of drug-likeness (QED) is 0.189. The Kier molecular flexibility index (Phi) is 5.28. The van der Waals surface area contributed by atoms with Gasteiger partial charge in [0.15, 0.2) is 0 Å². The summed E-state index contributed by atoms with van der Waals surface area (Å²) in [6.45, 7) is 0. The van der Waals surface area contributed by atoms with E-state index in [0.29, 0.717) is 0 Å². The van der Waals surface area contributed by atoms with Crippen molar-refractivity contribution >= 4 is 65.3 Å². The van der Waals surface area contributed by atoms with Gasteiger partial charge in [-0.3, -0.25) is 4.98 Å². The van der Waals surface area contributed by atoms with E-state index in [1.54, 1.807) is 0 Å². The Hall–Kier alpha value is -6.19. The summed E-state index contributed by atoms with van der Waals surface area (Å²) < 4.78 is 4.82. The summed E-state index contributed by atoms with van der Waals surface area (Å²) in [5.41, 5.74) is 10.5. The number of nitrogens with zero attached hydrogens (tertiary/aromatic N) is 3. The molecule has 0 aliphatic heterocycles. The number of pyridine rings is 1. The van der Waals surface area contributed by atoms with Gasteiger partial charge in [0.1, 0.15) is 0 Å². The first kappa shape index (κ1) is 25.2. The molecule has 0 saturated carbocycles. The number of hydrogen-bond acceptors (Lipinski definition) is 1. The third-order valence-corrected chi connectivity index (χ3v) is 9.53. The molecule has 3 heterocycles. The van der Waals surface area contributed by atoms with Crippen LogP contribution in [0.1, 0.15) is 0 Å². The Bertz CT molecular complexity index is 2800. The maximum atomic E-state index is 4.87. The minimum Gasteiger partial charge on any atom is -0.309 e. The highest BCUT2D eigenvalue weighted by molar-refractivity contribution is 6.15. The number of hydrogen-bond donors (Lipinski definition) is 0. The van der Waals surface area contributed by atoms with Gasteiger partial charge in [-0.15, -0.1) is 0 Å². The van der Waals surface area contributed by atoms with Crippen LogP contribution in [0.3, 0.4) is 0 Å². The van der Waals surface area contributed by atoms with Gasteiger partial charge in [-0.05, 0) is 65.0 Å². The van der Waals surface area contributed by atoms with Crippen LogP contribution in [0.2, 0.25) is 0 Å². The molecule has 0 amide bonds. The van der Waals surface area contributed by atoms with Crippen LogP contribution in [0.15, 0.2) is 164 Å². The van der Waals surface area contributed by atoms with E-state index in [9.17, 15) is 0 Å². The van der Waals surface area contributed by atoms with Gasteiger partial charge in [0.2, 0.25) is 0 Å². The maximum absolute atomic E-state index is 4.87. The number of rotatable bonds is 3. The SMILES string of the molecule is c1ccc(-n2c3ccccc3c3ccc(-c4ccc5c6ccccc6n(-c6cccc7ccc8cccnc8c67)c5c4)cc32)cc1. The second kappa shape index (κ2) is 9.65. The third-order valence-electron chi connectivity index (χ3n) is 9.53. The van der Waals surface area contributed by atoms with Crippen LogP contribution in [0.4, 0.5) is 0 Å². The predicted molar refractivity (Wildman–Crippen MR) is 193 cm³/mol. The minimum atomic E-state index is 1.02. The van der Waals surface area contributed by atoms with Gasteiger partial charge in [-0.25, -0.2) is 0 Å². The molecule has 214 valence electrons. The molecule has 10 rings (SSSR count). The van der Waals surface area contributed by atoms with Crippen molar-refractivity contribution in [3.05, 3.63) is 164 Å². The topological polar surface area (TPSA) is 22.8 Å². The Morgan fingerprint density at radius 1 is 0.391 bits per heavy atom. The molecule has 0 N–H and O–H groups in total. The fourth-order valence-electron chi connectivity index (χ4n) is 7.50. The van der Waals surface area contributed by atoms with Crippen molar-refractivity contribution in [1.82, 2.24) is 14.1 Å². The largest absolute Gasteiger partial charge is 0.309 e. The van der Waals surface area contributed by atoms with Crippen molar-refractivity contribution in [2.75, 3.05) is 0 Å². The molecule has 46 heavy (non-hydrogen) atoms. The van der Waals surface area contributed by atoms with E-state index < -0.39 is 0 Å². The van der Waals surface area contributed by atoms with Gasteiger partial charge >= 0.3 is 0 Å². The zero-order valence-corrected chi connectivity index (χ0v) is 24.9. The lowest BCUT2D eigenvalue weighted by Crippen LogP contribution is -1.97. The molecule has 0 fully saturated rings. The summed E-state index contributed by atoms with van der Waals surface area (Å²) in [4.78, 5) is 4.87. The van der Waals surface area contributed by atoms with Crippen molar-refractivity contribution in [3.8, 4) is 22.5 Å². The first-order valence-electron chi connectivity index (χ1n) is 15.7. The molecule has 7 aromatic carbocycles. The van der Waals surface area contributed by atoms with Crippen LogP contribution in [-0.2, 0) is 0 Å². The number of aromatic nitrogens is 3. The Labute approximate surface area is 265 Å². The molecule has 0 aliphatic rings. The summed E-state index contributed by atoms with van der Waals surface area (Å²) in [5.74, 6) is 0. The molecule has 3 nitrogen and oxygen atoms in total. The summed E-state index contributed by atoms with van der Waals surface area (Å²) in [7, 11) is 0. The zero-order valence-electron chi connectivity index (χ0n) is 24.9. The molecule has 3 aromatic heterocycles. The Morgan fingerprint density at radius 3 is 1.72 bits per heavy atom. The van der Waals surface area contributed by atoms with Gasteiger partial charge in [0.05, 0.1) is 33.3 Å². The van der Waals surface area contributed by atoms with Crippen LogP contribution < -0.4 is 0 Å². The highest BCUT2D eigenvalue weighted by Crippen LogP contribution is 2.40. The summed E-state index contributed by atoms with van der Waals surface area (Å²) in [5, 5.41) is 8.50. The zero-order chi connectivity index (χ0) is 30.2.